The molecule has 2 nitrogen and oxygen atoms in total. The van der Waals surface area contributed by atoms with E-state index in [1.54, 1.807) is 25.1 Å². The largest absolute Gasteiger partial charge is 0.486 e. The average Bonchev–Trinajstić information content (AvgIpc) is 2.43. The predicted molar refractivity (Wildman–Crippen MR) is 71.7 cm³/mol. The summed E-state index contributed by atoms with van der Waals surface area (Å²) in [5.74, 6) is -0.545. The molecule has 0 radical (unpaired) electrons. The maximum Gasteiger partial charge on any atom is 0.174 e. The molecule has 0 aliphatic rings. The molecular weight excluding hydrogens is 262 g/mol. The van der Waals surface area contributed by atoms with E-state index < -0.39 is 5.82 Å². The Morgan fingerprint density at radius 1 is 1.10 bits per heavy atom. The van der Waals surface area contributed by atoms with Gasteiger partial charge in [0.1, 0.15) is 24.0 Å². The maximum absolute atomic E-state index is 13.4. The summed E-state index contributed by atoms with van der Waals surface area (Å²) in [7, 11) is 0. The fourth-order valence-electron chi connectivity index (χ4n) is 1.78. The first-order chi connectivity index (χ1) is 9.56. The molecule has 0 saturated carbocycles. The summed E-state index contributed by atoms with van der Waals surface area (Å²) in [6.45, 7) is 1.45. The Morgan fingerprint density at radius 3 is 2.55 bits per heavy atom. The summed E-state index contributed by atoms with van der Waals surface area (Å²) in [5, 5.41) is 0. The molecule has 4 heteroatoms. The molecule has 0 saturated heterocycles. The fourth-order valence-corrected chi connectivity index (χ4v) is 1.78. The van der Waals surface area contributed by atoms with Crippen molar-refractivity contribution in [2.75, 3.05) is 6.61 Å². The van der Waals surface area contributed by atoms with Gasteiger partial charge in [-0.1, -0.05) is 18.2 Å². The monoisotopic (exact) mass is 276 g/mol. The van der Waals surface area contributed by atoms with Gasteiger partial charge in [0.2, 0.25) is 0 Å². The summed E-state index contributed by atoms with van der Waals surface area (Å²) in [6.07, 6.45) is -0.0210. The van der Waals surface area contributed by atoms with Gasteiger partial charge in [-0.15, -0.1) is 0 Å². The molecule has 0 atom stereocenters. The van der Waals surface area contributed by atoms with Gasteiger partial charge in [0.25, 0.3) is 0 Å². The topological polar surface area (TPSA) is 26.3 Å². The summed E-state index contributed by atoms with van der Waals surface area (Å²) < 4.78 is 31.7. The smallest absolute Gasteiger partial charge is 0.174 e. The third-order valence-corrected chi connectivity index (χ3v) is 2.87. The van der Waals surface area contributed by atoms with Crippen LogP contribution in [0.1, 0.15) is 11.1 Å². The molecular formula is C16H14F2O2. The van der Waals surface area contributed by atoms with E-state index in [-0.39, 0.29) is 24.6 Å². The van der Waals surface area contributed by atoms with Crippen LogP contribution in [0.15, 0.2) is 42.5 Å². The molecule has 2 rings (SSSR count). The van der Waals surface area contributed by atoms with Gasteiger partial charge in [0.15, 0.2) is 5.78 Å². The van der Waals surface area contributed by atoms with Crippen molar-refractivity contribution in [1.82, 2.24) is 0 Å². The fraction of sp³-hybridized carbons (Fsp3) is 0.188. The Kier molecular flexibility index (Phi) is 4.45. The number of aryl methyl sites for hydroxylation is 1. The number of rotatable bonds is 5. The summed E-state index contributed by atoms with van der Waals surface area (Å²) in [6, 6.07) is 10.4. The predicted octanol–water partition coefficient (Wildman–Crippen LogP) is 3.46. The number of carbonyl (C=O) groups excluding carboxylic acids is 1. The highest BCUT2D eigenvalue weighted by Crippen LogP contribution is 2.16. The van der Waals surface area contributed by atoms with Crippen LogP contribution >= 0.6 is 0 Å². The van der Waals surface area contributed by atoms with E-state index in [2.05, 4.69) is 0 Å². The minimum absolute atomic E-state index is 0.0210. The summed E-state index contributed by atoms with van der Waals surface area (Å²) >= 11 is 0. The molecule has 0 aliphatic heterocycles. The van der Waals surface area contributed by atoms with Crippen LogP contribution in [0, 0.1) is 18.6 Å². The number of benzene rings is 2. The lowest BCUT2D eigenvalue weighted by atomic mass is 10.1. The van der Waals surface area contributed by atoms with Crippen LogP contribution in [0.5, 0.6) is 5.75 Å². The van der Waals surface area contributed by atoms with Gasteiger partial charge in [0, 0.05) is 6.42 Å². The molecule has 0 N–H and O–H groups in total. The highest BCUT2D eigenvalue weighted by Gasteiger charge is 2.09. The molecule has 0 aliphatic carbocycles. The van der Waals surface area contributed by atoms with Crippen molar-refractivity contribution >= 4 is 5.78 Å². The Hall–Kier alpha value is -2.23. The number of ether oxygens (including phenoxy) is 1. The number of Topliss-reactive ketones (excluding diaryl/α,β-unsaturated/α-hetero) is 1. The molecule has 0 amide bonds. The molecule has 0 unspecified atom stereocenters. The molecule has 0 bridgehead atoms. The Morgan fingerprint density at radius 2 is 1.85 bits per heavy atom. The van der Waals surface area contributed by atoms with E-state index in [0.717, 1.165) is 0 Å². The highest BCUT2D eigenvalue weighted by atomic mass is 19.1. The van der Waals surface area contributed by atoms with Crippen molar-refractivity contribution in [2.24, 2.45) is 0 Å². The molecule has 2 aromatic rings. The zero-order valence-electron chi connectivity index (χ0n) is 11.0. The minimum atomic E-state index is -0.404. The van der Waals surface area contributed by atoms with E-state index in [1.165, 1.54) is 24.3 Å². The Balaban J connectivity index is 1.92. The van der Waals surface area contributed by atoms with Crippen molar-refractivity contribution in [1.29, 1.82) is 0 Å². The lowest BCUT2D eigenvalue weighted by Gasteiger charge is -2.07. The van der Waals surface area contributed by atoms with Crippen LogP contribution in [0.3, 0.4) is 0 Å². The standard InChI is InChI=1S/C16H14F2O2/c1-11-8-14(6-7-15(11)17)20-10-13(19)9-12-4-2-3-5-16(12)18/h2-8H,9-10H2,1H3. The number of ketones is 1. The number of hydrogen-bond acceptors (Lipinski definition) is 2. The van der Waals surface area contributed by atoms with Crippen LogP contribution < -0.4 is 4.74 Å². The van der Waals surface area contributed by atoms with Gasteiger partial charge >= 0.3 is 0 Å². The first-order valence-corrected chi connectivity index (χ1v) is 6.20. The zero-order valence-corrected chi connectivity index (χ0v) is 11.0. The second-order valence-corrected chi connectivity index (χ2v) is 4.51. The van der Waals surface area contributed by atoms with Crippen molar-refractivity contribution < 1.29 is 18.3 Å². The first-order valence-electron chi connectivity index (χ1n) is 6.20. The quantitative estimate of drug-likeness (QED) is 0.836. The van der Waals surface area contributed by atoms with Gasteiger partial charge in [-0.25, -0.2) is 8.78 Å². The summed E-state index contributed by atoms with van der Waals surface area (Å²) in [5.41, 5.74) is 0.792. The van der Waals surface area contributed by atoms with Crippen LogP contribution in [0.25, 0.3) is 0 Å². The summed E-state index contributed by atoms with van der Waals surface area (Å²) in [4.78, 5) is 11.7. The van der Waals surface area contributed by atoms with Gasteiger partial charge in [-0.05, 0) is 42.3 Å². The minimum Gasteiger partial charge on any atom is -0.486 e. The van der Waals surface area contributed by atoms with Crippen LogP contribution in [0.2, 0.25) is 0 Å². The molecule has 0 heterocycles. The maximum atomic E-state index is 13.4. The van der Waals surface area contributed by atoms with E-state index in [1.807, 2.05) is 0 Å². The van der Waals surface area contributed by atoms with Crippen molar-refractivity contribution in [3.8, 4) is 5.75 Å². The molecule has 104 valence electrons. The number of carbonyl (C=O) groups is 1. The Labute approximate surface area is 116 Å². The van der Waals surface area contributed by atoms with Gasteiger partial charge in [-0.3, -0.25) is 4.79 Å². The molecule has 20 heavy (non-hydrogen) atoms. The van der Waals surface area contributed by atoms with Crippen LogP contribution in [-0.4, -0.2) is 12.4 Å². The van der Waals surface area contributed by atoms with Crippen molar-refractivity contribution in [3.63, 3.8) is 0 Å². The van der Waals surface area contributed by atoms with Gasteiger partial charge in [0.05, 0.1) is 0 Å². The van der Waals surface area contributed by atoms with E-state index >= 15 is 0 Å². The second kappa shape index (κ2) is 6.28. The zero-order chi connectivity index (χ0) is 14.5. The van der Waals surface area contributed by atoms with E-state index in [0.29, 0.717) is 16.9 Å². The van der Waals surface area contributed by atoms with E-state index in [9.17, 15) is 13.6 Å². The SMILES string of the molecule is Cc1cc(OCC(=O)Cc2ccccc2F)ccc1F. The first kappa shape index (κ1) is 14.2. The lowest BCUT2D eigenvalue weighted by Crippen LogP contribution is -2.14. The highest BCUT2D eigenvalue weighted by molar-refractivity contribution is 5.82. The van der Waals surface area contributed by atoms with Crippen molar-refractivity contribution in [3.05, 3.63) is 65.2 Å². The lowest BCUT2D eigenvalue weighted by molar-refractivity contribution is -0.120. The van der Waals surface area contributed by atoms with Crippen LogP contribution in [0.4, 0.5) is 8.78 Å². The Bertz CT molecular complexity index is 624. The average molecular weight is 276 g/mol. The van der Waals surface area contributed by atoms with Crippen molar-refractivity contribution in [2.45, 2.75) is 13.3 Å². The van der Waals surface area contributed by atoms with Crippen LogP contribution in [-0.2, 0) is 11.2 Å². The molecule has 2 aromatic carbocycles. The third kappa shape index (κ3) is 3.63. The number of hydrogen-bond donors (Lipinski definition) is 0. The molecule has 0 spiro atoms. The van der Waals surface area contributed by atoms with Gasteiger partial charge < -0.3 is 4.74 Å². The third-order valence-electron chi connectivity index (χ3n) is 2.87. The second-order valence-electron chi connectivity index (χ2n) is 4.51. The molecule has 0 fully saturated rings. The number of halogens is 2. The molecule has 0 aromatic heterocycles. The van der Waals surface area contributed by atoms with E-state index in [4.69, 9.17) is 4.74 Å². The normalized spacial score (nSPS) is 10.3. The van der Waals surface area contributed by atoms with Gasteiger partial charge in [-0.2, -0.15) is 0 Å².